The molecule has 43 heavy (non-hydrogen) atoms. The van der Waals surface area contributed by atoms with E-state index in [-0.39, 0.29) is 17.5 Å². The standard InChI is InChI=1S/C34H39N7O2/c1-22(2)34(43)24-15-28-21-41(4)19-26-9-6-11-30(37-26)29-10-5-8-25(36-29)18-40(3)20-27-14-23(33(42)12-7-13-35)16-31(38-27)32(17-24)39-28/h5-6,8-11,14-17,22H,7,12-13,18-21,35H2,1-4H3. The molecule has 9 nitrogen and oxygen atoms in total. The molecule has 0 radical (unpaired) electrons. The lowest BCUT2D eigenvalue weighted by atomic mass is 9.98. The third kappa shape index (κ3) is 7.62. The minimum Gasteiger partial charge on any atom is -0.330 e. The summed E-state index contributed by atoms with van der Waals surface area (Å²) >= 11 is 0. The zero-order valence-electron chi connectivity index (χ0n) is 25.4. The molecule has 0 amide bonds. The molecule has 1 aliphatic rings. The molecule has 1 aliphatic heterocycles. The number of hydrogen-bond donors (Lipinski definition) is 1. The molecule has 0 aromatic carbocycles. The van der Waals surface area contributed by atoms with E-state index in [0.717, 1.165) is 34.2 Å². The van der Waals surface area contributed by atoms with Gasteiger partial charge in [-0.05, 0) is 75.6 Å². The molecule has 2 N–H and O–H groups in total. The fourth-order valence-electron chi connectivity index (χ4n) is 5.28. The van der Waals surface area contributed by atoms with Gasteiger partial charge in [-0.15, -0.1) is 0 Å². The molecule has 0 saturated carbocycles. The minimum atomic E-state index is -0.176. The van der Waals surface area contributed by atoms with Crippen molar-refractivity contribution in [2.24, 2.45) is 11.7 Å². The molecule has 0 atom stereocenters. The van der Waals surface area contributed by atoms with Crippen LogP contribution in [0.15, 0.2) is 60.7 Å². The summed E-state index contributed by atoms with van der Waals surface area (Å²) in [6.07, 6.45) is 0.966. The van der Waals surface area contributed by atoms with Crippen molar-refractivity contribution in [3.63, 3.8) is 0 Å². The van der Waals surface area contributed by atoms with E-state index in [1.54, 1.807) is 12.1 Å². The quantitative estimate of drug-likeness (QED) is 0.318. The van der Waals surface area contributed by atoms with Crippen LogP contribution in [0.3, 0.4) is 0 Å². The van der Waals surface area contributed by atoms with Crippen molar-refractivity contribution in [2.75, 3.05) is 20.6 Å². The Labute approximate surface area is 253 Å². The maximum absolute atomic E-state index is 13.2. The Bertz CT molecular complexity index is 1640. The van der Waals surface area contributed by atoms with Gasteiger partial charge in [0.25, 0.3) is 0 Å². The SMILES string of the molecule is CC(C)C(=O)c1cc2nc(c1)-c1cc(C(=O)CCCN)cc(n1)CN(C)Cc1cccc(n1)-c1cccc(n1)CN(C)C2. The Morgan fingerprint density at radius 2 is 1.16 bits per heavy atom. The summed E-state index contributed by atoms with van der Waals surface area (Å²) in [4.78, 5) is 50.4. The first kappa shape index (κ1) is 30.3. The molecule has 0 saturated heterocycles. The topological polar surface area (TPSA) is 118 Å². The van der Waals surface area contributed by atoms with Crippen molar-refractivity contribution in [3.8, 4) is 22.8 Å². The van der Waals surface area contributed by atoms with Gasteiger partial charge >= 0.3 is 0 Å². The Morgan fingerprint density at radius 1 is 0.698 bits per heavy atom. The zero-order chi connectivity index (χ0) is 30.5. The van der Waals surface area contributed by atoms with Gasteiger partial charge in [-0.3, -0.25) is 19.4 Å². The first-order valence-electron chi connectivity index (χ1n) is 14.8. The number of carbonyl (C=O) groups is 2. The molecule has 9 heteroatoms. The van der Waals surface area contributed by atoms with Crippen LogP contribution in [0.5, 0.6) is 0 Å². The molecule has 0 unspecified atom stereocenters. The van der Waals surface area contributed by atoms with Gasteiger partial charge in [0.05, 0.1) is 45.6 Å². The van der Waals surface area contributed by atoms with Gasteiger partial charge in [-0.1, -0.05) is 26.0 Å². The van der Waals surface area contributed by atoms with E-state index >= 15 is 0 Å². The molecule has 4 aromatic rings. The number of nitrogens with two attached hydrogens (primary N) is 1. The Morgan fingerprint density at radius 3 is 1.67 bits per heavy atom. The van der Waals surface area contributed by atoms with Crippen molar-refractivity contribution >= 4 is 11.6 Å². The van der Waals surface area contributed by atoms with Crippen LogP contribution in [0.2, 0.25) is 0 Å². The highest BCUT2D eigenvalue weighted by molar-refractivity contribution is 5.99. The summed E-state index contributed by atoms with van der Waals surface area (Å²) in [6, 6.07) is 19.3. The predicted molar refractivity (Wildman–Crippen MR) is 167 cm³/mol. The smallest absolute Gasteiger partial charge is 0.165 e. The number of nitrogens with zero attached hydrogens (tertiary/aromatic N) is 6. The summed E-state index contributed by atoms with van der Waals surface area (Å²) in [5.41, 5.74) is 12.9. The second kappa shape index (κ2) is 13.4. The molecular formula is C34H39N7O2. The highest BCUT2D eigenvalue weighted by Crippen LogP contribution is 2.24. The summed E-state index contributed by atoms with van der Waals surface area (Å²) in [5, 5.41) is 0. The summed E-state index contributed by atoms with van der Waals surface area (Å²) < 4.78 is 0. The number of fused-ring (bicyclic) bond motifs is 10. The van der Waals surface area contributed by atoms with Crippen LogP contribution in [-0.2, 0) is 26.2 Å². The fraction of sp³-hybridized carbons (Fsp3) is 0.353. The van der Waals surface area contributed by atoms with Crippen molar-refractivity contribution in [2.45, 2.75) is 52.9 Å². The lowest BCUT2D eigenvalue weighted by Gasteiger charge is -2.19. The van der Waals surface area contributed by atoms with Crippen LogP contribution in [-0.4, -0.2) is 61.9 Å². The third-order valence-corrected chi connectivity index (χ3v) is 7.36. The first-order chi connectivity index (χ1) is 20.7. The van der Waals surface area contributed by atoms with Gasteiger partial charge in [-0.2, -0.15) is 0 Å². The molecule has 0 fully saturated rings. The lowest BCUT2D eigenvalue weighted by Crippen LogP contribution is -2.21. The molecular weight excluding hydrogens is 538 g/mol. The van der Waals surface area contributed by atoms with Crippen LogP contribution >= 0.6 is 0 Å². The molecule has 222 valence electrons. The Hall–Kier alpha value is -4.18. The van der Waals surface area contributed by atoms with Crippen LogP contribution in [0.4, 0.5) is 0 Å². The number of hydrogen-bond acceptors (Lipinski definition) is 9. The highest BCUT2D eigenvalue weighted by Gasteiger charge is 2.19. The van der Waals surface area contributed by atoms with Gasteiger partial charge < -0.3 is 5.73 Å². The maximum Gasteiger partial charge on any atom is 0.165 e. The Kier molecular flexibility index (Phi) is 9.45. The van der Waals surface area contributed by atoms with E-state index in [0.29, 0.717) is 68.1 Å². The normalized spacial score (nSPS) is 14.3. The molecule has 0 aliphatic carbocycles. The number of ketones is 2. The van der Waals surface area contributed by atoms with E-state index in [4.69, 9.17) is 25.7 Å². The minimum absolute atomic E-state index is 0.0116. The van der Waals surface area contributed by atoms with Crippen LogP contribution in [0.1, 0.15) is 70.2 Å². The predicted octanol–water partition coefficient (Wildman–Crippen LogP) is 4.94. The molecule has 8 bridgehead atoms. The lowest BCUT2D eigenvalue weighted by molar-refractivity contribution is 0.0937. The second-order valence-corrected chi connectivity index (χ2v) is 11.7. The number of carbonyl (C=O) groups excluding carboxylic acids is 2. The zero-order valence-corrected chi connectivity index (χ0v) is 25.4. The van der Waals surface area contributed by atoms with Gasteiger partial charge in [0, 0.05) is 49.6 Å². The largest absolute Gasteiger partial charge is 0.330 e. The summed E-state index contributed by atoms with van der Waals surface area (Å²) in [7, 11) is 4.01. The van der Waals surface area contributed by atoms with Gasteiger partial charge in [0.15, 0.2) is 11.6 Å². The average Bonchev–Trinajstić information content (AvgIpc) is 2.98. The fourth-order valence-corrected chi connectivity index (χ4v) is 5.28. The van der Waals surface area contributed by atoms with Crippen LogP contribution < -0.4 is 5.73 Å². The van der Waals surface area contributed by atoms with E-state index in [1.807, 2.05) is 76.5 Å². The van der Waals surface area contributed by atoms with E-state index < -0.39 is 0 Å². The molecule has 0 spiro atoms. The third-order valence-electron chi connectivity index (χ3n) is 7.36. The van der Waals surface area contributed by atoms with Crippen molar-refractivity contribution in [1.29, 1.82) is 0 Å². The average molecular weight is 578 g/mol. The van der Waals surface area contributed by atoms with Crippen molar-refractivity contribution in [3.05, 3.63) is 94.6 Å². The number of Topliss-reactive ketones (excluding diaryl/α,β-unsaturated/α-hetero) is 2. The summed E-state index contributed by atoms with van der Waals surface area (Å²) in [5.74, 6) is -0.129. The number of pyridine rings is 4. The highest BCUT2D eigenvalue weighted by atomic mass is 16.1. The van der Waals surface area contributed by atoms with Gasteiger partial charge in [0.2, 0.25) is 0 Å². The van der Waals surface area contributed by atoms with Crippen molar-refractivity contribution < 1.29 is 9.59 Å². The second-order valence-electron chi connectivity index (χ2n) is 11.7. The van der Waals surface area contributed by atoms with Crippen LogP contribution in [0, 0.1) is 5.92 Å². The Balaban J connectivity index is 1.64. The van der Waals surface area contributed by atoms with E-state index in [2.05, 4.69) is 9.80 Å². The maximum atomic E-state index is 13.2. The molecule has 5 rings (SSSR count). The van der Waals surface area contributed by atoms with Gasteiger partial charge in [0.1, 0.15) is 0 Å². The van der Waals surface area contributed by atoms with E-state index in [9.17, 15) is 9.59 Å². The van der Waals surface area contributed by atoms with Crippen molar-refractivity contribution in [1.82, 2.24) is 29.7 Å². The molecule has 4 aromatic heterocycles. The van der Waals surface area contributed by atoms with Gasteiger partial charge in [-0.25, -0.2) is 19.9 Å². The van der Waals surface area contributed by atoms with E-state index in [1.165, 1.54) is 0 Å². The number of aromatic nitrogens is 4. The molecule has 5 heterocycles. The number of rotatable bonds is 6. The van der Waals surface area contributed by atoms with Crippen LogP contribution in [0.25, 0.3) is 22.8 Å². The first-order valence-corrected chi connectivity index (χ1v) is 14.8. The monoisotopic (exact) mass is 577 g/mol. The summed E-state index contributed by atoms with van der Waals surface area (Å²) in [6.45, 7) is 6.39.